The fourth-order valence-corrected chi connectivity index (χ4v) is 2.69. The van der Waals surface area contributed by atoms with Crippen LogP contribution < -0.4 is 5.32 Å². The Labute approximate surface area is 164 Å². The van der Waals surface area contributed by atoms with E-state index in [1.165, 1.54) is 11.6 Å². The minimum absolute atomic E-state index is 0.0481. The topological polar surface area (TPSA) is 85.8 Å². The number of alkyl halides is 3. The molecule has 10 heteroatoms. The van der Waals surface area contributed by atoms with E-state index in [2.05, 4.69) is 20.6 Å². The van der Waals surface area contributed by atoms with Crippen molar-refractivity contribution in [3.8, 4) is 11.5 Å². The highest BCUT2D eigenvalue weighted by Gasteiger charge is 2.34. The summed E-state index contributed by atoms with van der Waals surface area (Å²) in [7, 11) is 0. The number of amides is 1. The van der Waals surface area contributed by atoms with Crippen molar-refractivity contribution in [3.05, 3.63) is 53.7 Å². The SMILES string of the molecule is Cc1cc(C(F)(F)F)nn1CC(C)C(=O)NCCc1nnc(-c2ccccc2)o1. The molecular weight excluding hydrogens is 387 g/mol. The second-order valence-corrected chi connectivity index (χ2v) is 6.66. The van der Waals surface area contributed by atoms with Crippen LogP contribution >= 0.6 is 0 Å². The third kappa shape index (κ3) is 5.21. The van der Waals surface area contributed by atoms with Gasteiger partial charge in [-0.25, -0.2) is 0 Å². The third-order valence-corrected chi connectivity index (χ3v) is 4.29. The summed E-state index contributed by atoms with van der Waals surface area (Å²) in [6.07, 6.45) is -4.17. The highest BCUT2D eigenvalue weighted by Crippen LogP contribution is 2.28. The number of benzene rings is 1. The molecule has 2 heterocycles. The number of hydrogen-bond acceptors (Lipinski definition) is 5. The number of carbonyl (C=O) groups is 1. The quantitative estimate of drug-likeness (QED) is 0.650. The van der Waals surface area contributed by atoms with Crippen molar-refractivity contribution in [2.45, 2.75) is 33.0 Å². The molecule has 0 bridgehead atoms. The van der Waals surface area contributed by atoms with Crippen LogP contribution in [0, 0.1) is 12.8 Å². The summed E-state index contributed by atoms with van der Waals surface area (Å²) >= 11 is 0. The van der Waals surface area contributed by atoms with Crippen LogP contribution in [-0.2, 0) is 23.9 Å². The van der Waals surface area contributed by atoms with Crippen LogP contribution in [0.1, 0.15) is 24.2 Å². The lowest BCUT2D eigenvalue weighted by molar-refractivity contribution is -0.141. The first-order valence-electron chi connectivity index (χ1n) is 9.01. The summed E-state index contributed by atoms with van der Waals surface area (Å²) in [5, 5.41) is 14.2. The Kier molecular flexibility index (Phi) is 6.00. The summed E-state index contributed by atoms with van der Waals surface area (Å²) in [6.45, 7) is 3.47. The fourth-order valence-electron chi connectivity index (χ4n) is 2.69. The molecule has 0 aliphatic heterocycles. The normalized spacial score (nSPS) is 12.7. The average Bonchev–Trinajstić information content (AvgIpc) is 3.29. The van der Waals surface area contributed by atoms with Crippen molar-refractivity contribution in [3.63, 3.8) is 0 Å². The van der Waals surface area contributed by atoms with Gasteiger partial charge in [-0.05, 0) is 25.1 Å². The number of aromatic nitrogens is 4. The Morgan fingerprint density at radius 3 is 2.62 bits per heavy atom. The minimum Gasteiger partial charge on any atom is -0.421 e. The summed E-state index contributed by atoms with van der Waals surface area (Å²) in [5.41, 5.74) is 0.182. The van der Waals surface area contributed by atoms with Crippen molar-refractivity contribution in [2.75, 3.05) is 6.54 Å². The molecule has 1 unspecified atom stereocenters. The standard InChI is InChI=1S/C19H20F3N5O2/c1-12(11-27-13(2)10-15(26-27)19(20,21)22)17(28)23-9-8-16-24-25-18(29-16)14-6-4-3-5-7-14/h3-7,10,12H,8-9,11H2,1-2H3,(H,23,28). The van der Waals surface area contributed by atoms with Gasteiger partial charge < -0.3 is 9.73 Å². The van der Waals surface area contributed by atoms with E-state index in [4.69, 9.17) is 4.42 Å². The zero-order valence-electron chi connectivity index (χ0n) is 15.9. The predicted octanol–water partition coefficient (Wildman–Crippen LogP) is 3.26. The summed E-state index contributed by atoms with van der Waals surface area (Å²) < 4.78 is 45.0. The summed E-state index contributed by atoms with van der Waals surface area (Å²) in [6, 6.07) is 10.3. The molecule has 0 aliphatic rings. The van der Waals surface area contributed by atoms with E-state index in [0.29, 0.717) is 23.9 Å². The van der Waals surface area contributed by atoms with E-state index in [-0.39, 0.29) is 19.0 Å². The van der Waals surface area contributed by atoms with E-state index in [9.17, 15) is 18.0 Å². The molecule has 0 aliphatic carbocycles. The van der Waals surface area contributed by atoms with Crippen LogP contribution in [0.3, 0.4) is 0 Å². The van der Waals surface area contributed by atoms with Crippen LogP contribution in [0.2, 0.25) is 0 Å². The van der Waals surface area contributed by atoms with E-state index in [1.807, 2.05) is 30.3 Å². The summed E-state index contributed by atoms with van der Waals surface area (Å²) in [5.74, 6) is -0.0713. The molecule has 0 saturated heterocycles. The molecule has 3 aromatic rings. The van der Waals surface area contributed by atoms with Crippen molar-refractivity contribution < 1.29 is 22.4 Å². The van der Waals surface area contributed by atoms with Crippen LogP contribution in [-0.4, -0.2) is 32.4 Å². The van der Waals surface area contributed by atoms with Crippen LogP contribution in [0.15, 0.2) is 40.8 Å². The molecule has 0 saturated carbocycles. The predicted molar refractivity (Wildman–Crippen MR) is 97.6 cm³/mol. The average molecular weight is 407 g/mol. The smallest absolute Gasteiger partial charge is 0.421 e. The van der Waals surface area contributed by atoms with Gasteiger partial charge in [-0.1, -0.05) is 25.1 Å². The molecule has 0 spiro atoms. The van der Waals surface area contributed by atoms with Crippen molar-refractivity contribution in [2.24, 2.45) is 5.92 Å². The van der Waals surface area contributed by atoms with Gasteiger partial charge in [0.2, 0.25) is 17.7 Å². The number of aryl methyl sites for hydroxylation is 1. The molecule has 7 nitrogen and oxygen atoms in total. The van der Waals surface area contributed by atoms with Gasteiger partial charge in [-0.15, -0.1) is 10.2 Å². The molecule has 1 N–H and O–H groups in total. The number of nitrogens with zero attached hydrogens (tertiary/aromatic N) is 4. The third-order valence-electron chi connectivity index (χ3n) is 4.29. The zero-order chi connectivity index (χ0) is 21.0. The number of rotatable bonds is 7. The van der Waals surface area contributed by atoms with Crippen molar-refractivity contribution >= 4 is 5.91 Å². The second kappa shape index (κ2) is 8.46. The molecule has 3 rings (SSSR count). The molecule has 0 fully saturated rings. The van der Waals surface area contributed by atoms with Gasteiger partial charge in [0.15, 0.2) is 5.69 Å². The molecular formula is C19H20F3N5O2. The highest BCUT2D eigenvalue weighted by molar-refractivity contribution is 5.78. The molecule has 0 radical (unpaired) electrons. The molecule has 2 aromatic heterocycles. The Hall–Kier alpha value is -3.17. The van der Waals surface area contributed by atoms with Gasteiger partial charge in [0.05, 0.1) is 12.5 Å². The first-order valence-corrected chi connectivity index (χ1v) is 9.01. The van der Waals surface area contributed by atoms with Crippen LogP contribution in [0.5, 0.6) is 0 Å². The van der Waals surface area contributed by atoms with Crippen molar-refractivity contribution in [1.82, 2.24) is 25.3 Å². The number of nitrogens with one attached hydrogen (secondary N) is 1. The first kappa shape index (κ1) is 20.6. The second-order valence-electron chi connectivity index (χ2n) is 6.66. The van der Waals surface area contributed by atoms with Gasteiger partial charge >= 0.3 is 6.18 Å². The maximum atomic E-state index is 12.7. The molecule has 154 valence electrons. The minimum atomic E-state index is -4.51. The Morgan fingerprint density at radius 2 is 1.97 bits per heavy atom. The van der Waals surface area contributed by atoms with E-state index in [1.54, 1.807) is 6.92 Å². The molecule has 1 aromatic carbocycles. The van der Waals surface area contributed by atoms with E-state index < -0.39 is 17.8 Å². The number of hydrogen-bond donors (Lipinski definition) is 1. The summed E-state index contributed by atoms with van der Waals surface area (Å²) in [4.78, 5) is 12.2. The Morgan fingerprint density at radius 1 is 1.24 bits per heavy atom. The Balaban J connectivity index is 1.50. The lowest BCUT2D eigenvalue weighted by Crippen LogP contribution is -2.33. The number of carbonyl (C=O) groups excluding carboxylic acids is 1. The maximum Gasteiger partial charge on any atom is 0.435 e. The van der Waals surface area contributed by atoms with Gasteiger partial charge in [0.1, 0.15) is 0 Å². The first-order chi connectivity index (χ1) is 13.7. The maximum absolute atomic E-state index is 12.7. The monoisotopic (exact) mass is 407 g/mol. The van der Waals surface area contributed by atoms with E-state index >= 15 is 0 Å². The van der Waals surface area contributed by atoms with Crippen molar-refractivity contribution in [1.29, 1.82) is 0 Å². The van der Waals surface area contributed by atoms with Gasteiger partial charge in [-0.2, -0.15) is 18.3 Å². The highest BCUT2D eigenvalue weighted by atomic mass is 19.4. The van der Waals surface area contributed by atoms with E-state index in [0.717, 1.165) is 11.6 Å². The molecule has 1 atom stereocenters. The van der Waals surface area contributed by atoms with Crippen LogP contribution in [0.25, 0.3) is 11.5 Å². The van der Waals surface area contributed by atoms with Crippen LogP contribution in [0.4, 0.5) is 13.2 Å². The van der Waals surface area contributed by atoms with Gasteiger partial charge in [0.25, 0.3) is 0 Å². The Bertz CT molecular complexity index is 966. The fraction of sp³-hybridized carbons (Fsp3) is 0.368. The van der Waals surface area contributed by atoms with Gasteiger partial charge in [-0.3, -0.25) is 9.48 Å². The lowest BCUT2D eigenvalue weighted by Gasteiger charge is -2.13. The number of halogens is 3. The molecule has 29 heavy (non-hydrogen) atoms. The largest absolute Gasteiger partial charge is 0.435 e. The molecule has 1 amide bonds. The lowest BCUT2D eigenvalue weighted by atomic mass is 10.1. The van der Waals surface area contributed by atoms with Gasteiger partial charge in [0, 0.05) is 24.2 Å². The zero-order valence-corrected chi connectivity index (χ0v) is 15.9.